The lowest BCUT2D eigenvalue weighted by Crippen LogP contribution is -2.72. The van der Waals surface area contributed by atoms with E-state index in [1.54, 1.807) is 32.0 Å². The summed E-state index contributed by atoms with van der Waals surface area (Å²) in [6.07, 6.45) is -8.19. The lowest BCUT2D eigenvalue weighted by Gasteiger charge is -2.52. The number of esters is 2. The van der Waals surface area contributed by atoms with Crippen LogP contribution in [0.2, 0.25) is 0 Å². The molecule has 198 valence electrons. The van der Waals surface area contributed by atoms with Gasteiger partial charge in [-0.2, -0.15) is 13.2 Å². The monoisotopic (exact) mass is 514 g/mol. The molecule has 0 saturated carbocycles. The number of methoxy groups -OCH3 is 1. The molecule has 1 aliphatic heterocycles. The molecule has 1 saturated heterocycles. The van der Waals surface area contributed by atoms with Crippen molar-refractivity contribution in [2.45, 2.75) is 70.2 Å². The van der Waals surface area contributed by atoms with Crippen LogP contribution in [0.25, 0.3) is 10.4 Å². The van der Waals surface area contributed by atoms with Crippen LogP contribution in [0.5, 0.6) is 0 Å². The van der Waals surface area contributed by atoms with Gasteiger partial charge in [0.05, 0.1) is 24.8 Å². The van der Waals surface area contributed by atoms with Gasteiger partial charge in [0.15, 0.2) is 5.60 Å². The van der Waals surface area contributed by atoms with E-state index in [4.69, 9.17) is 19.7 Å². The van der Waals surface area contributed by atoms with Crippen molar-refractivity contribution in [3.8, 4) is 0 Å². The highest BCUT2D eigenvalue weighted by atomic mass is 19.4. The summed E-state index contributed by atoms with van der Waals surface area (Å²) >= 11 is 0. The van der Waals surface area contributed by atoms with Crippen LogP contribution >= 0.6 is 0 Å². The van der Waals surface area contributed by atoms with Crippen LogP contribution in [0.4, 0.5) is 13.2 Å². The van der Waals surface area contributed by atoms with Crippen LogP contribution in [-0.2, 0) is 23.8 Å². The van der Waals surface area contributed by atoms with Crippen molar-refractivity contribution in [2.24, 2.45) is 17.0 Å². The van der Waals surface area contributed by atoms with Gasteiger partial charge in [0.25, 0.3) is 0 Å². The fraction of sp³-hybridized carbons (Fsp3) is 0.609. The number of benzene rings is 1. The third-order valence-electron chi connectivity index (χ3n) is 6.32. The van der Waals surface area contributed by atoms with Crippen molar-refractivity contribution in [3.05, 3.63) is 46.3 Å². The number of carbonyl (C=O) groups is 3. The number of carbonyl (C=O) groups excluding carboxylic acids is 3. The Morgan fingerprint density at radius 1 is 1.28 bits per heavy atom. The lowest BCUT2D eigenvalue weighted by molar-refractivity contribution is -0.283. The highest BCUT2D eigenvalue weighted by Gasteiger charge is 2.65. The number of ether oxygens (including phenoxy) is 3. The minimum Gasteiger partial charge on any atom is -0.467 e. The van der Waals surface area contributed by atoms with E-state index in [-0.39, 0.29) is 12.0 Å². The van der Waals surface area contributed by atoms with Crippen molar-refractivity contribution in [1.82, 2.24) is 5.32 Å². The average Bonchev–Trinajstić information content (AvgIpc) is 2.82. The van der Waals surface area contributed by atoms with Gasteiger partial charge in [-0.25, -0.2) is 9.59 Å². The predicted molar refractivity (Wildman–Crippen MR) is 120 cm³/mol. The van der Waals surface area contributed by atoms with Crippen molar-refractivity contribution in [3.63, 3.8) is 0 Å². The smallest absolute Gasteiger partial charge is 0.396 e. The summed E-state index contributed by atoms with van der Waals surface area (Å²) in [5.74, 6) is -6.04. The van der Waals surface area contributed by atoms with Gasteiger partial charge in [-0.15, -0.1) is 0 Å². The maximum atomic E-state index is 14.6. The fourth-order valence-electron chi connectivity index (χ4n) is 4.35. The second-order valence-electron chi connectivity index (χ2n) is 8.75. The Hall–Kier alpha value is -3.31. The number of alkyl halides is 3. The first kappa shape index (κ1) is 28.9. The van der Waals surface area contributed by atoms with Gasteiger partial charge < -0.3 is 19.5 Å². The normalized spacial score (nSPS) is 27.7. The minimum absolute atomic E-state index is 0.103. The number of azide groups is 1. The van der Waals surface area contributed by atoms with E-state index in [1.807, 2.05) is 0 Å². The first-order chi connectivity index (χ1) is 16.8. The molecule has 1 N–H and O–H groups in total. The second-order valence-corrected chi connectivity index (χ2v) is 8.75. The molecule has 2 unspecified atom stereocenters. The number of hydrogen-bond donors (Lipinski definition) is 1. The molecule has 1 amide bonds. The third kappa shape index (κ3) is 6.08. The molecule has 0 radical (unpaired) electrons. The molecule has 0 bridgehead atoms. The van der Waals surface area contributed by atoms with Gasteiger partial charge in [-0.05, 0) is 36.9 Å². The van der Waals surface area contributed by atoms with E-state index in [2.05, 4.69) is 15.3 Å². The summed E-state index contributed by atoms with van der Waals surface area (Å²) in [5.41, 5.74) is 6.94. The summed E-state index contributed by atoms with van der Waals surface area (Å²) < 4.78 is 59.9. The molecule has 2 rings (SSSR count). The first-order valence-electron chi connectivity index (χ1n) is 11.2. The molecule has 13 heteroatoms. The molecule has 1 aliphatic rings. The Morgan fingerprint density at radius 3 is 2.36 bits per heavy atom. The van der Waals surface area contributed by atoms with Crippen molar-refractivity contribution in [2.75, 3.05) is 7.11 Å². The standard InChI is InChI=1S/C23H29F3N4O6/c1-6-12(2)17(35-20(32)14-10-8-7-9-11-14)18-15(23(24,25)26)16(28-13(3)31)19(29-30-27)22(4,36-18)21(33)34-5/h7-12,15-19H,6H2,1-5H3,(H,28,31)/t12-,15-,16-,17-,18?,19?,22-/m1/s1. The number of amides is 1. The number of rotatable bonds is 8. The molecule has 10 nitrogen and oxygen atoms in total. The maximum absolute atomic E-state index is 14.6. The number of nitrogens with zero attached hydrogens (tertiary/aromatic N) is 3. The van der Waals surface area contributed by atoms with Crippen LogP contribution in [0, 0.1) is 11.8 Å². The predicted octanol–water partition coefficient (Wildman–Crippen LogP) is 3.95. The summed E-state index contributed by atoms with van der Waals surface area (Å²) in [6.45, 7) is 5.36. The number of hydrogen-bond acceptors (Lipinski definition) is 7. The molecular formula is C23H29F3N4O6. The molecule has 0 aromatic heterocycles. The van der Waals surface area contributed by atoms with Gasteiger partial charge in [-0.3, -0.25) is 4.79 Å². The molecule has 1 fully saturated rings. The topological polar surface area (TPSA) is 140 Å². The van der Waals surface area contributed by atoms with E-state index in [1.165, 1.54) is 12.1 Å². The van der Waals surface area contributed by atoms with Gasteiger partial charge in [0.2, 0.25) is 5.91 Å². The highest BCUT2D eigenvalue weighted by Crippen LogP contribution is 2.46. The van der Waals surface area contributed by atoms with Gasteiger partial charge in [0, 0.05) is 11.8 Å². The summed E-state index contributed by atoms with van der Waals surface area (Å²) in [7, 11) is 0.990. The molecule has 1 aromatic carbocycles. The van der Waals surface area contributed by atoms with Gasteiger partial charge in [0.1, 0.15) is 18.1 Å². The fourth-order valence-corrected chi connectivity index (χ4v) is 4.35. The summed E-state index contributed by atoms with van der Waals surface area (Å²) in [6, 6.07) is 3.91. The van der Waals surface area contributed by atoms with E-state index >= 15 is 0 Å². The Kier molecular flexibility index (Phi) is 9.33. The maximum Gasteiger partial charge on any atom is 0.396 e. The zero-order valence-electron chi connectivity index (χ0n) is 20.5. The zero-order valence-corrected chi connectivity index (χ0v) is 20.5. The van der Waals surface area contributed by atoms with Crippen LogP contribution in [0.3, 0.4) is 0 Å². The molecule has 1 aromatic rings. The van der Waals surface area contributed by atoms with E-state index < -0.39 is 65.8 Å². The highest BCUT2D eigenvalue weighted by molar-refractivity contribution is 5.89. The van der Waals surface area contributed by atoms with Gasteiger partial charge >= 0.3 is 18.1 Å². The summed E-state index contributed by atoms with van der Waals surface area (Å²) in [4.78, 5) is 40.2. The van der Waals surface area contributed by atoms with E-state index in [0.717, 1.165) is 21.0 Å². The Morgan fingerprint density at radius 2 is 1.89 bits per heavy atom. The first-order valence-corrected chi connectivity index (χ1v) is 11.2. The second kappa shape index (κ2) is 11.6. The molecule has 36 heavy (non-hydrogen) atoms. The third-order valence-corrected chi connectivity index (χ3v) is 6.32. The number of halogens is 3. The van der Waals surface area contributed by atoms with Crippen molar-refractivity contribution in [1.29, 1.82) is 0 Å². The van der Waals surface area contributed by atoms with Crippen LogP contribution in [0.1, 0.15) is 44.5 Å². The number of nitrogens with one attached hydrogen (secondary N) is 1. The molecule has 1 heterocycles. The van der Waals surface area contributed by atoms with E-state index in [9.17, 15) is 27.6 Å². The van der Waals surface area contributed by atoms with Gasteiger partial charge in [-0.1, -0.05) is 37.2 Å². The Balaban J connectivity index is 2.73. The van der Waals surface area contributed by atoms with Crippen molar-refractivity contribution < 1.29 is 41.8 Å². The minimum atomic E-state index is -5.02. The quantitative estimate of drug-likeness (QED) is 0.241. The molecule has 0 aliphatic carbocycles. The lowest BCUT2D eigenvalue weighted by atomic mass is 9.73. The Labute approximate surface area is 206 Å². The summed E-state index contributed by atoms with van der Waals surface area (Å²) in [5, 5.41) is 5.59. The molecular weight excluding hydrogens is 485 g/mol. The van der Waals surface area contributed by atoms with Crippen molar-refractivity contribution >= 4 is 17.8 Å². The van der Waals surface area contributed by atoms with E-state index in [0.29, 0.717) is 0 Å². The zero-order chi connectivity index (χ0) is 27.3. The van der Waals surface area contributed by atoms with Crippen LogP contribution in [-0.4, -0.2) is 61.0 Å². The largest absolute Gasteiger partial charge is 0.467 e. The molecule has 0 spiro atoms. The Bertz CT molecular complexity index is 1000. The SMILES string of the molecule is CC[C@@H](C)[C@@H](OC(=O)c1ccccc1)C1O[C@@](C)(C(=O)OC)C(N=[N+]=[N-])[C@H](NC(C)=O)[C@H]1C(F)(F)F. The van der Waals surface area contributed by atoms with Crippen LogP contribution in [0.15, 0.2) is 35.4 Å². The average molecular weight is 515 g/mol. The van der Waals surface area contributed by atoms with Crippen LogP contribution < -0.4 is 5.32 Å². The molecule has 7 atom stereocenters.